The highest BCUT2D eigenvalue weighted by atomic mass is 15.1. The van der Waals surface area contributed by atoms with Gasteiger partial charge in [-0.3, -0.25) is 0 Å². The van der Waals surface area contributed by atoms with Crippen molar-refractivity contribution in [2.75, 3.05) is 39.3 Å². The number of nitrogens with one attached hydrogen (secondary N) is 2. The topological polar surface area (TPSA) is 8.88 Å². The zero-order valence-corrected chi connectivity index (χ0v) is 11.8. The molecular formula is C16H30N2+2. The highest BCUT2D eigenvalue weighted by Gasteiger charge is 2.06. The van der Waals surface area contributed by atoms with Crippen LogP contribution in [0.4, 0.5) is 0 Å². The lowest BCUT2D eigenvalue weighted by Gasteiger charge is -2.18. The zero-order chi connectivity index (χ0) is 13.6. The Kier molecular flexibility index (Phi) is 11.6. The molecule has 0 bridgehead atoms. The van der Waals surface area contributed by atoms with Gasteiger partial charge in [0.2, 0.25) is 0 Å². The molecule has 0 radical (unpaired) electrons. The van der Waals surface area contributed by atoms with E-state index in [4.69, 9.17) is 0 Å². The summed E-state index contributed by atoms with van der Waals surface area (Å²) in [5, 5.41) is 0. The van der Waals surface area contributed by atoms with Gasteiger partial charge in [-0.15, -0.1) is 0 Å². The second-order valence-electron chi connectivity index (χ2n) is 4.68. The van der Waals surface area contributed by atoms with Crippen molar-refractivity contribution < 1.29 is 9.80 Å². The number of rotatable bonds is 13. The van der Waals surface area contributed by atoms with Gasteiger partial charge in [0.15, 0.2) is 0 Å². The summed E-state index contributed by atoms with van der Waals surface area (Å²) in [6, 6.07) is 0. The van der Waals surface area contributed by atoms with E-state index in [0.717, 1.165) is 26.2 Å². The Morgan fingerprint density at radius 1 is 0.556 bits per heavy atom. The van der Waals surface area contributed by atoms with Gasteiger partial charge in [0.05, 0.1) is 39.3 Å². The molecule has 0 aliphatic carbocycles. The Morgan fingerprint density at radius 3 is 1.06 bits per heavy atom. The van der Waals surface area contributed by atoms with E-state index in [1.165, 1.54) is 25.9 Å². The monoisotopic (exact) mass is 250 g/mol. The first kappa shape index (κ1) is 16.9. The predicted octanol–water partition coefficient (Wildman–Crippen LogP) is 0.280. The quantitative estimate of drug-likeness (QED) is 0.343. The normalized spacial score (nSPS) is 10.6. The summed E-state index contributed by atoms with van der Waals surface area (Å²) in [5.41, 5.74) is 0. The van der Waals surface area contributed by atoms with Crippen molar-refractivity contribution in [1.82, 2.24) is 0 Å². The lowest BCUT2D eigenvalue weighted by Crippen LogP contribution is -3.12. The molecule has 0 aromatic carbocycles. The van der Waals surface area contributed by atoms with E-state index in [1.54, 1.807) is 9.80 Å². The van der Waals surface area contributed by atoms with Crippen molar-refractivity contribution in [3.63, 3.8) is 0 Å². The van der Waals surface area contributed by atoms with E-state index in [-0.39, 0.29) is 0 Å². The number of quaternary nitrogens is 2. The molecule has 0 aromatic heterocycles. The van der Waals surface area contributed by atoms with Gasteiger partial charge < -0.3 is 9.80 Å². The molecule has 0 aliphatic heterocycles. The molecule has 2 nitrogen and oxygen atoms in total. The average Bonchev–Trinajstić information content (AvgIpc) is 2.35. The maximum absolute atomic E-state index is 3.81. The van der Waals surface area contributed by atoms with E-state index in [1.807, 2.05) is 24.3 Å². The van der Waals surface area contributed by atoms with Crippen LogP contribution in [0.2, 0.25) is 0 Å². The summed E-state index contributed by atoms with van der Waals surface area (Å²) in [7, 11) is 0. The molecular weight excluding hydrogens is 220 g/mol. The standard InChI is InChI=1S/C16H28N2/c1-5-11-17(12-6-2)15-9-10-16-18(13-7-3)14-8-4/h5-8H,1-4,9-16H2/p+2. The highest BCUT2D eigenvalue weighted by molar-refractivity contribution is 4.68. The summed E-state index contributed by atoms with van der Waals surface area (Å²) in [4.78, 5) is 3.10. The molecule has 0 aliphatic rings. The lowest BCUT2D eigenvalue weighted by atomic mass is 10.2. The smallest absolute Gasteiger partial charge is 0.0957 e. The molecule has 0 aromatic rings. The molecule has 0 fully saturated rings. The van der Waals surface area contributed by atoms with Gasteiger partial charge in [-0.05, 0) is 24.3 Å². The minimum atomic E-state index is 1.03. The first-order chi connectivity index (χ1) is 8.78. The predicted molar refractivity (Wildman–Crippen MR) is 81.1 cm³/mol. The van der Waals surface area contributed by atoms with Gasteiger partial charge in [0.1, 0.15) is 0 Å². The summed E-state index contributed by atoms with van der Waals surface area (Å²) in [6.07, 6.45) is 10.5. The fourth-order valence-corrected chi connectivity index (χ4v) is 2.14. The maximum atomic E-state index is 3.81. The van der Waals surface area contributed by atoms with Crippen molar-refractivity contribution in [1.29, 1.82) is 0 Å². The summed E-state index contributed by atoms with van der Waals surface area (Å²) in [6.45, 7) is 21.7. The molecule has 0 saturated heterocycles. The fourth-order valence-electron chi connectivity index (χ4n) is 2.14. The lowest BCUT2D eigenvalue weighted by molar-refractivity contribution is -0.895. The van der Waals surface area contributed by atoms with E-state index >= 15 is 0 Å². The molecule has 18 heavy (non-hydrogen) atoms. The first-order valence-electron chi connectivity index (χ1n) is 6.89. The molecule has 0 rings (SSSR count). The molecule has 0 heterocycles. The third kappa shape index (κ3) is 8.97. The van der Waals surface area contributed by atoms with Crippen molar-refractivity contribution in [3.8, 4) is 0 Å². The molecule has 0 unspecified atom stereocenters. The van der Waals surface area contributed by atoms with Gasteiger partial charge in [0.25, 0.3) is 0 Å². The second-order valence-corrected chi connectivity index (χ2v) is 4.68. The fraction of sp³-hybridized carbons (Fsp3) is 0.500. The largest absolute Gasteiger partial charge is 0.328 e. The zero-order valence-electron chi connectivity index (χ0n) is 11.8. The van der Waals surface area contributed by atoms with E-state index < -0.39 is 0 Å². The number of hydrogen-bond acceptors (Lipinski definition) is 0. The van der Waals surface area contributed by atoms with Crippen molar-refractivity contribution in [3.05, 3.63) is 50.6 Å². The van der Waals surface area contributed by atoms with E-state index in [2.05, 4.69) is 26.3 Å². The van der Waals surface area contributed by atoms with Gasteiger partial charge in [-0.1, -0.05) is 26.3 Å². The van der Waals surface area contributed by atoms with Crippen LogP contribution in [0.15, 0.2) is 50.6 Å². The van der Waals surface area contributed by atoms with Crippen LogP contribution in [0.1, 0.15) is 12.8 Å². The van der Waals surface area contributed by atoms with Crippen LogP contribution in [0.25, 0.3) is 0 Å². The number of hydrogen-bond donors (Lipinski definition) is 2. The van der Waals surface area contributed by atoms with E-state index in [0.29, 0.717) is 0 Å². The van der Waals surface area contributed by atoms with Crippen LogP contribution in [-0.4, -0.2) is 39.3 Å². The SMILES string of the molecule is C=CC[NH+](CC=C)CCCC[NH+](CC=C)CC=C. The number of unbranched alkanes of at least 4 members (excludes halogenated alkanes) is 1. The Bertz CT molecular complexity index is 199. The minimum absolute atomic E-state index is 1.03. The van der Waals surface area contributed by atoms with Crippen LogP contribution in [-0.2, 0) is 0 Å². The summed E-state index contributed by atoms with van der Waals surface area (Å²) < 4.78 is 0. The molecule has 2 heteroatoms. The van der Waals surface area contributed by atoms with Crippen LogP contribution in [0.3, 0.4) is 0 Å². The molecule has 0 atom stereocenters. The Hall–Kier alpha value is -1.12. The Morgan fingerprint density at radius 2 is 0.833 bits per heavy atom. The minimum Gasteiger partial charge on any atom is -0.328 e. The van der Waals surface area contributed by atoms with Crippen molar-refractivity contribution in [2.24, 2.45) is 0 Å². The van der Waals surface area contributed by atoms with E-state index in [9.17, 15) is 0 Å². The third-order valence-electron chi connectivity index (χ3n) is 3.04. The Balaban J connectivity index is 3.78. The molecule has 0 spiro atoms. The average molecular weight is 250 g/mol. The maximum Gasteiger partial charge on any atom is 0.0957 e. The van der Waals surface area contributed by atoms with Crippen molar-refractivity contribution in [2.45, 2.75) is 12.8 Å². The first-order valence-corrected chi connectivity index (χ1v) is 6.89. The van der Waals surface area contributed by atoms with Gasteiger partial charge in [-0.2, -0.15) is 0 Å². The van der Waals surface area contributed by atoms with Crippen LogP contribution in [0.5, 0.6) is 0 Å². The van der Waals surface area contributed by atoms with Crippen LogP contribution >= 0.6 is 0 Å². The molecule has 0 amide bonds. The second kappa shape index (κ2) is 12.3. The van der Waals surface area contributed by atoms with Crippen LogP contribution < -0.4 is 9.80 Å². The van der Waals surface area contributed by atoms with Crippen molar-refractivity contribution >= 4 is 0 Å². The molecule has 102 valence electrons. The Labute approximate surface area is 113 Å². The van der Waals surface area contributed by atoms with Gasteiger partial charge in [0, 0.05) is 12.8 Å². The van der Waals surface area contributed by atoms with Crippen LogP contribution in [0, 0.1) is 0 Å². The third-order valence-corrected chi connectivity index (χ3v) is 3.04. The van der Waals surface area contributed by atoms with Gasteiger partial charge in [-0.25, -0.2) is 0 Å². The summed E-state index contributed by atoms with van der Waals surface area (Å²) in [5.74, 6) is 0. The summed E-state index contributed by atoms with van der Waals surface area (Å²) >= 11 is 0. The molecule has 2 N–H and O–H groups in total. The molecule has 0 saturated carbocycles. The highest BCUT2D eigenvalue weighted by Crippen LogP contribution is 1.80. The van der Waals surface area contributed by atoms with Gasteiger partial charge >= 0.3 is 0 Å².